The third-order valence-electron chi connectivity index (χ3n) is 4.03. The predicted molar refractivity (Wildman–Crippen MR) is 75.2 cm³/mol. The van der Waals surface area contributed by atoms with Crippen LogP contribution in [0.15, 0.2) is 18.5 Å². The van der Waals surface area contributed by atoms with Crippen molar-refractivity contribution in [3.8, 4) is 0 Å². The van der Waals surface area contributed by atoms with Gasteiger partial charge in [0, 0.05) is 6.20 Å². The van der Waals surface area contributed by atoms with Crippen LogP contribution in [-0.2, 0) is 9.59 Å². The second kappa shape index (κ2) is 6.03. The van der Waals surface area contributed by atoms with Gasteiger partial charge in [0.2, 0.25) is 5.91 Å². The van der Waals surface area contributed by atoms with Crippen molar-refractivity contribution in [2.75, 3.05) is 5.32 Å². The highest BCUT2D eigenvalue weighted by Crippen LogP contribution is 2.38. The van der Waals surface area contributed by atoms with Gasteiger partial charge in [-0.15, -0.1) is 0 Å². The van der Waals surface area contributed by atoms with Crippen LogP contribution < -0.4 is 5.32 Å². The Bertz CT molecular complexity index is 516. The number of nitrogens with one attached hydrogen (secondary N) is 1. The maximum atomic E-state index is 12.3. The van der Waals surface area contributed by atoms with Crippen molar-refractivity contribution in [3.05, 3.63) is 24.0 Å². The lowest BCUT2D eigenvalue weighted by atomic mass is 9.95. The van der Waals surface area contributed by atoms with E-state index in [9.17, 15) is 14.7 Å². The van der Waals surface area contributed by atoms with Crippen molar-refractivity contribution in [1.29, 1.82) is 0 Å². The van der Waals surface area contributed by atoms with Gasteiger partial charge in [0.25, 0.3) is 0 Å². The predicted octanol–water partition coefficient (Wildman–Crippen LogP) is 2.47. The summed E-state index contributed by atoms with van der Waals surface area (Å²) in [6, 6.07) is 1.83. The average molecular weight is 276 g/mol. The number of aliphatic carboxylic acids is 1. The number of aryl methyl sites for hydroxylation is 1. The van der Waals surface area contributed by atoms with Crippen molar-refractivity contribution in [3.63, 3.8) is 0 Å². The molecule has 0 bridgehead atoms. The summed E-state index contributed by atoms with van der Waals surface area (Å²) in [5, 5.41) is 12.1. The molecular formula is C15H20N2O3. The Kier molecular flexibility index (Phi) is 4.37. The van der Waals surface area contributed by atoms with Crippen LogP contribution >= 0.6 is 0 Å². The van der Waals surface area contributed by atoms with Crippen molar-refractivity contribution in [2.24, 2.45) is 17.8 Å². The standard InChI is InChI=1S/C15H20N2O3/c1-3-10-5-12(13(6-10)15(19)20)14(18)17-11-4-9(2)7-16-8-11/h4,7-8,10,12-13H,3,5-6H2,1-2H3,(H,17,18)(H,19,20). The van der Waals surface area contributed by atoms with Crippen LogP contribution in [0.4, 0.5) is 5.69 Å². The first-order valence-corrected chi connectivity index (χ1v) is 6.96. The van der Waals surface area contributed by atoms with Gasteiger partial charge in [-0.3, -0.25) is 14.6 Å². The van der Waals surface area contributed by atoms with Gasteiger partial charge in [-0.05, 0) is 37.3 Å². The summed E-state index contributed by atoms with van der Waals surface area (Å²) in [5.74, 6) is -1.78. The van der Waals surface area contributed by atoms with E-state index in [2.05, 4.69) is 10.3 Å². The highest BCUT2D eigenvalue weighted by Gasteiger charge is 2.42. The Morgan fingerprint density at radius 2 is 2.05 bits per heavy atom. The first-order valence-electron chi connectivity index (χ1n) is 6.96. The summed E-state index contributed by atoms with van der Waals surface area (Å²) in [4.78, 5) is 27.6. The Labute approximate surface area is 118 Å². The minimum absolute atomic E-state index is 0.208. The number of carboxylic acids is 1. The minimum atomic E-state index is -0.872. The van der Waals surface area contributed by atoms with E-state index >= 15 is 0 Å². The van der Waals surface area contributed by atoms with E-state index in [1.807, 2.05) is 19.9 Å². The van der Waals surface area contributed by atoms with E-state index in [1.165, 1.54) is 0 Å². The number of carbonyl (C=O) groups is 2. The lowest BCUT2D eigenvalue weighted by Crippen LogP contribution is -2.30. The molecule has 0 aromatic carbocycles. The van der Waals surface area contributed by atoms with E-state index < -0.39 is 17.8 Å². The molecule has 2 rings (SSSR count). The first kappa shape index (κ1) is 14.5. The van der Waals surface area contributed by atoms with Gasteiger partial charge in [-0.1, -0.05) is 13.3 Å². The molecule has 1 heterocycles. The molecule has 0 saturated heterocycles. The molecule has 5 nitrogen and oxygen atoms in total. The van der Waals surface area contributed by atoms with Crippen LogP contribution in [0.25, 0.3) is 0 Å². The maximum absolute atomic E-state index is 12.3. The zero-order valence-electron chi connectivity index (χ0n) is 11.8. The fourth-order valence-electron chi connectivity index (χ4n) is 2.90. The maximum Gasteiger partial charge on any atom is 0.307 e. The molecular weight excluding hydrogens is 256 g/mol. The van der Waals surface area contributed by atoms with Crippen LogP contribution in [0, 0.1) is 24.7 Å². The second-order valence-electron chi connectivity index (χ2n) is 5.54. The highest BCUT2D eigenvalue weighted by molar-refractivity contribution is 5.95. The number of carboxylic acid groups (broad SMARTS) is 1. The summed E-state index contributed by atoms with van der Waals surface area (Å²) in [6.07, 6.45) is 5.44. The van der Waals surface area contributed by atoms with Gasteiger partial charge in [0.05, 0.1) is 23.7 Å². The van der Waals surface area contributed by atoms with E-state index in [1.54, 1.807) is 12.4 Å². The van der Waals surface area contributed by atoms with E-state index in [0.29, 0.717) is 24.4 Å². The van der Waals surface area contributed by atoms with Gasteiger partial charge in [-0.25, -0.2) is 0 Å². The van der Waals surface area contributed by atoms with Gasteiger partial charge >= 0.3 is 5.97 Å². The molecule has 1 amide bonds. The number of carbonyl (C=O) groups excluding carboxylic acids is 1. The summed E-state index contributed by atoms with van der Waals surface area (Å²) in [7, 11) is 0. The van der Waals surface area contributed by atoms with Crippen molar-refractivity contribution in [2.45, 2.75) is 33.1 Å². The average Bonchev–Trinajstić information content (AvgIpc) is 2.83. The molecule has 1 aromatic rings. The molecule has 2 N–H and O–H groups in total. The number of nitrogens with zero attached hydrogens (tertiary/aromatic N) is 1. The van der Waals surface area contributed by atoms with Crippen molar-refractivity contribution < 1.29 is 14.7 Å². The van der Waals surface area contributed by atoms with Gasteiger partial charge in [-0.2, -0.15) is 0 Å². The third-order valence-corrected chi connectivity index (χ3v) is 4.03. The van der Waals surface area contributed by atoms with E-state index in [0.717, 1.165) is 12.0 Å². The monoisotopic (exact) mass is 276 g/mol. The molecule has 3 unspecified atom stereocenters. The SMILES string of the molecule is CCC1CC(C(=O)O)C(C(=O)Nc2cncc(C)c2)C1. The molecule has 5 heteroatoms. The molecule has 1 aromatic heterocycles. The normalized spacial score (nSPS) is 25.4. The quantitative estimate of drug-likeness (QED) is 0.885. The van der Waals surface area contributed by atoms with Crippen LogP contribution in [0.3, 0.4) is 0 Å². The topological polar surface area (TPSA) is 79.3 Å². The summed E-state index contributed by atoms with van der Waals surface area (Å²) < 4.78 is 0. The Hall–Kier alpha value is -1.91. The molecule has 108 valence electrons. The number of hydrogen-bond acceptors (Lipinski definition) is 3. The summed E-state index contributed by atoms with van der Waals surface area (Å²) in [5.41, 5.74) is 1.58. The van der Waals surface area contributed by atoms with E-state index in [4.69, 9.17) is 0 Å². The first-order chi connectivity index (χ1) is 9.51. The molecule has 0 spiro atoms. The lowest BCUT2D eigenvalue weighted by Gasteiger charge is -2.15. The van der Waals surface area contributed by atoms with Gasteiger partial charge < -0.3 is 10.4 Å². The summed E-state index contributed by atoms with van der Waals surface area (Å²) in [6.45, 7) is 3.93. The fourth-order valence-corrected chi connectivity index (χ4v) is 2.90. The largest absolute Gasteiger partial charge is 0.481 e. The molecule has 1 aliphatic rings. The van der Waals surface area contributed by atoms with Crippen molar-refractivity contribution >= 4 is 17.6 Å². The zero-order chi connectivity index (χ0) is 14.7. The van der Waals surface area contributed by atoms with Crippen LogP contribution in [0.5, 0.6) is 0 Å². The molecule has 1 saturated carbocycles. The van der Waals surface area contributed by atoms with Crippen LogP contribution in [-0.4, -0.2) is 22.0 Å². The number of amides is 1. The molecule has 1 aliphatic carbocycles. The third kappa shape index (κ3) is 3.15. The lowest BCUT2D eigenvalue weighted by molar-refractivity contribution is -0.145. The molecule has 1 fully saturated rings. The number of rotatable bonds is 4. The van der Waals surface area contributed by atoms with Crippen LogP contribution in [0.1, 0.15) is 31.7 Å². The number of aromatic nitrogens is 1. The minimum Gasteiger partial charge on any atom is -0.481 e. The molecule has 20 heavy (non-hydrogen) atoms. The Balaban J connectivity index is 2.09. The van der Waals surface area contributed by atoms with Crippen molar-refractivity contribution in [1.82, 2.24) is 4.98 Å². The second-order valence-corrected chi connectivity index (χ2v) is 5.54. The number of anilines is 1. The fraction of sp³-hybridized carbons (Fsp3) is 0.533. The van der Waals surface area contributed by atoms with Gasteiger partial charge in [0.15, 0.2) is 0 Å². The molecule has 0 aliphatic heterocycles. The molecule has 0 radical (unpaired) electrons. The van der Waals surface area contributed by atoms with Gasteiger partial charge in [0.1, 0.15) is 0 Å². The Morgan fingerprint density at radius 1 is 1.35 bits per heavy atom. The van der Waals surface area contributed by atoms with Crippen LogP contribution in [0.2, 0.25) is 0 Å². The Morgan fingerprint density at radius 3 is 2.65 bits per heavy atom. The number of pyridine rings is 1. The summed E-state index contributed by atoms with van der Waals surface area (Å²) >= 11 is 0. The number of hydrogen-bond donors (Lipinski definition) is 2. The smallest absolute Gasteiger partial charge is 0.307 e. The molecule has 3 atom stereocenters. The highest BCUT2D eigenvalue weighted by atomic mass is 16.4. The zero-order valence-corrected chi connectivity index (χ0v) is 11.8. The van der Waals surface area contributed by atoms with E-state index in [-0.39, 0.29) is 5.91 Å².